The Balaban J connectivity index is 1.85. The summed E-state index contributed by atoms with van der Waals surface area (Å²) in [5.74, 6) is -0.170. The van der Waals surface area contributed by atoms with Gasteiger partial charge < -0.3 is 19.9 Å². The topological polar surface area (TPSA) is 84.9 Å². The van der Waals surface area contributed by atoms with Gasteiger partial charge in [-0.25, -0.2) is 4.79 Å². The van der Waals surface area contributed by atoms with Crippen molar-refractivity contribution in [3.05, 3.63) is 63.8 Å². The highest BCUT2D eigenvalue weighted by Gasteiger charge is 2.34. The summed E-state index contributed by atoms with van der Waals surface area (Å²) in [6.07, 6.45) is 1.09. The van der Waals surface area contributed by atoms with E-state index in [1.54, 1.807) is 7.11 Å². The molecule has 1 aliphatic rings. The molecule has 0 unspecified atom stereocenters. The summed E-state index contributed by atoms with van der Waals surface area (Å²) in [6.45, 7) is 2.58. The third-order valence-electron chi connectivity index (χ3n) is 5.21. The standard InChI is InChI=1S/C24H23NO5S/c1-3-11-30-18-12-15(9-10-17(18)29-2)16-13-19(26)25-21-20(14-7-5-4-6-8-14)23(24(27)28)31-22(16)21/h4-10,12,16H,3,11,13H2,1-2H3,(H,25,26)(H,27,28)/t16-/m1/s1. The van der Waals surface area contributed by atoms with Crippen LogP contribution in [0.1, 0.15) is 45.8 Å². The number of rotatable bonds is 7. The minimum atomic E-state index is -1.01. The second-order valence-electron chi connectivity index (χ2n) is 7.28. The van der Waals surface area contributed by atoms with E-state index < -0.39 is 5.97 Å². The first-order chi connectivity index (χ1) is 15.0. The average Bonchev–Trinajstić information content (AvgIpc) is 3.17. The van der Waals surface area contributed by atoms with Crippen molar-refractivity contribution in [2.24, 2.45) is 0 Å². The van der Waals surface area contributed by atoms with E-state index in [9.17, 15) is 14.7 Å². The van der Waals surface area contributed by atoms with Crippen LogP contribution in [0.3, 0.4) is 0 Å². The third kappa shape index (κ3) is 4.01. The van der Waals surface area contributed by atoms with E-state index >= 15 is 0 Å². The molecule has 1 amide bonds. The number of hydrogen-bond acceptors (Lipinski definition) is 5. The van der Waals surface area contributed by atoms with Crippen LogP contribution < -0.4 is 14.8 Å². The van der Waals surface area contributed by atoms with Crippen molar-refractivity contribution in [1.82, 2.24) is 0 Å². The first kappa shape index (κ1) is 20.9. The molecule has 0 saturated heterocycles. The number of thiophene rings is 1. The van der Waals surface area contributed by atoms with Gasteiger partial charge >= 0.3 is 5.97 Å². The van der Waals surface area contributed by atoms with Crippen molar-refractivity contribution in [3.63, 3.8) is 0 Å². The molecule has 2 heterocycles. The van der Waals surface area contributed by atoms with Gasteiger partial charge in [0.25, 0.3) is 0 Å². The summed E-state index contributed by atoms with van der Waals surface area (Å²) in [4.78, 5) is 25.8. The van der Waals surface area contributed by atoms with Crippen LogP contribution in [0.25, 0.3) is 11.1 Å². The van der Waals surface area contributed by atoms with Gasteiger partial charge in [0.2, 0.25) is 5.91 Å². The Morgan fingerprint density at radius 2 is 1.97 bits per heavy atom. The van der Waals surface area contributed by atoms with Crippen LogP contribution in [-0.4, -0.2) is 30.7 Å². The average molecular weight is 438 g/mol. The lowest BCUT2D eigenvalue weighted by atomic mass is 9.88. The number of anilines is 1. The van der Waals surface area contributed by atoms with Gasteiger partial charge in [0.15, 0.2) is 11.5 Å². The largest absolute Gasteiger partial charge is 0.493 e. The van der Waals surface area contributed by atoms with Gasteiger partial charge in [0.05, 0.1) is 19.4 Å². The van der Waals surface area contributed by atoms with Gasteiger partial charge in [-0.05, 0) is 29.7 Å². The number of fused-ring (bicyclic) bond motifs is 1. The number of carbonyl (C=O) groups excluding carboxylic acids is 1. The summed E-state index contributed by atoms with van der Waals surface area (Å²) < 4.78 is 11.3. The Morgan fingerprint density at radius 3 is 2.65 bits per heavy atom. The molecular weight excluding hydrogens is 414 g/mol. The minimum absolute atomic E-state index is 0.142. The highest BCUT2D eigenvalue weighted by atomic mass is 32.1. The maximum absolute atomic E-state index is 12.6. The fraction of sp³-hybridized carbons (Fsp3) is 0.250. The molecule has 7 heteroatoms. The number of nitrogens with one attached hydrogen (secondary N) is 1. The van der Waals surface area contributed by atoms with Gasteiger partial charge in [0, 0.05) is 22.8 Å². The van der Waals surface area contributed by atoms with Crippen molar-refractivity contribution < 1.29 is 24.2 Å². The summed E-state index contributed by atoms with van der Waals surface area (Å²) in [6, 6.07) is 14.9. The van der Waals surface area contributed by atoms with E-state index in [2.05, 4.69) is 5.32 Å². The van der Waals surface area contributed by atoms with Crippen molar-refractivity contribution in [1.29, 1.82) is 0 Å². The molecule has 1 aromatic heterocycles. The Labute approximate surface area is 184 Å². The predicted octanol–water partition coefficient (Wildman–Crippen LogP) is 5.38. The maximum Gasteiger partial charge on any atom is 0.346 e. The van der Waals surface area contributed by atoms with Crippen LogP contribution in [0.2, 0.25) is 0 Å². The number of carbonyl (C=O) groups is 2. The quantitative estimate of drug-likeness (QED) is 0.518. The SMILES string of the molecule is CCCOc1cc([C@H]2CC(=O)Nc3c2sc(C(=O)O)c3-c2ccccc2)ccc1OC. The second kappa shape index (κ2) is 8.81. The molecule has 0 radical (unpaired) electrons. The molecule has 2 N–H and O–H groups in total. The molecule has 6 nitrogen and oxygen atoms in total. The molecule has 0 spiro atoms. The van der Waals surface area contributed by atoms with Crippen LogP contribution in [0, 0.1) is 0 Å². The summed E-state index contributed by atoms with van der Waals surface area (Å²) in [7, 11) is 1.59. The summed E-state index contributed by atoms with van der Waals surface area (Å²) in [5.41, 5.74) is 2.80. The number of hydrogen-bond donors (Lipinski definition) is 2. The number of benzene rings is 2. The zero-order valence-electron chi connectivity index (χ0n) is 17.3. The third-order valence-corrected chi connectivity index (χ3v) is 6.51. The van der Waals surface area contributed by atoms with Gasteiger partial charge in [-0.15, -0.1) is 11.3 Å². The fourth-order valence-electron chi connectivity index (χ4n) is 3.82. The highest BCUT2D eigenvalue weighted by molar-refractivity contribution is 7.15. The lowest BCUT2D eigenvalue weighted by molar-refractivity contribution is -0.116. The number of carboxylic acid groups (broad SMARTS) is 1. The van der Waals surface area contributed by atoms with E-state index in [4.69, 9.17) is 9.47 Å². The number of methoxy groups -OCH3 is 1. The van der Waals surface area contributed by atoms with Crippen LogP contribution in [-0.2, 0) is 4.79 Å². The molecule has 4 rings (SSSR count). The number of amides is 1. The highest BCUT2D eigenvalue weighted by Crippen LogP contribution is 2.50. The first-order valence-corrected chi connectivity index (χ1v) is 10.9. The molecule has 160 valence electrons. The van der Waals surface area contributed by atoms with E-state index in [1.165, 1.54) is 11.3 Å². The number of ether oxygens (including phenoxy) is 2. The van der Waals surface area contributed by atoms with Crippen LogP contribution in [0.5, 0.6) is 11.5 Å². The lowest BCUT2D eigenvalue weighted by Gasteiger charge is -2.24. The van der Waals surface area contributed by atoms with Crippen molar-refractivity contribution in [3.8, 4) is 22.6 Å². The van der Waals surface area contributed by atoms with Crippen LogP contribution in [0.4, 0.5) is 5.69 Å². The smallest absolute Gasteiger partial charge is 0.346 e. The van der Waals surface area contributed by atoms with Crippen LogP contribution in [0.15, 0.2) is 48.5 Å². The lowest BCUT2D eigenvalue weighted by Crippen LogP contribution is -2.22. The summed E-state index contributed by atoms with van der Waals surface area (Å²) in [5, 5.41) is 12.8. The van der Waals surface area contributed by atoms with Crippen molar-refractivity contribution in [2.75, 3.05) is 19.0 Å². The predicted molar refractivity (Wildman–Crippen MR) is 121 cm³/mol. The van der Waals surface area contributed by atoms with E-state index in [0.717, 1.165) is 22.4 Å². The molecule has 1 aliphatic heterocycles. The molecular formula is C24H23NO5S. The molecule has 31 heavy (non-hydrogen) atoms. The molecule has 3 aromatic rings. The Morgan fingerprint density at radius 1 is 1.19 bits per heavy atom. The normalized spacial score (nSPS) is 15.2. The van der Waals surface area contributed by atoms with Gasteiger partial charge in [-0.3, -0.25) is 4.79 Å². The van der Waals surface area contributed by atoms with E-state index in [0.29, 0.717) is 29.4 Å². The fourth-order valence-corrected chi connectivity index (χ4v) is 5.07. The number of aromatic carboxylic acids is 1. The zero-order chi connectivity index (χ0) is 22.0. The van der Waals surface area contributed by atoms with Crippen molar-refractivity contribution in [2.45, 2.75) is 25.7 Å². The van der Waals surface area contributed by atoms with Gasteiger partial charge in [-0.1, -0.05) is 43.3 Å². The monoisotopic (exact) mass is 437 g/mol. The van der Waals surface area contributed by atoms with Crippen LogP contribution >= 0.6 is 11.3 Å². The zero-order valence-corrected chi connectivity index (χ0v) is 18.1. The Bertz CT molecular complexity index is 1120. The van der Waals surface area contributed by atoms with Gasteiger partial charge in [0.1, 0.15) is 4.88 Å². The second-order valence-corrected chi connectivity index (χ2v) is 8.33. The Hall–Kier alpha value is -3.32. The first-order valence-electron chi connectivity index (χ1n) is 10.1. The molecule has 0 fully saturated rings. The molecule has 0 aliphatic carbocycles. The van der Waals surface area contributed by atoms with Gasteiger partial charge in [-0.2, -0.15) is 0 Å². The summed E-state index contributed by atoms with van der Waals surface area (Å²) >= 11 is 1.22. The van der Waals surface area contributed by atoms with E-state index in [-0.39, 0.29) is 23.1 Å². The molecule has 0 saturated carbocycles. The molecule has 1 atom stereocenters. The maximum atomic E-state index is 12.6. The number of carboxylic acids is 1. The van der Waals surface area contributed by atoms with Crippen molar-refractivity contribution >= 4 is 28.9 Å². The van der Waals surface area contributed by atoms with E-state index in [1.807, 2.05) is 55.5 Å². The minimum Gasteiger partial charge on any atom is -0.493 e. The Kier molecular flexibility index (Phi) is 5.95. The molecule has 0 bridgehead atoms. The molecule has 2 aromatic carbocycles.